The van der Waals surface area contributed by atoms with Crippen LogP contribution in [-0.4, -0.2) is 26.2 Å². The lowest BCUT2D eigenvalue weighted by Crippen LogP contribution is -2.49. The van der Waals surface area contributed by atoms with Gasteiger partial charge in [0.2, 0.25) is 5.91 Å². The van der Waals surface area contributed by atoms with Gasteiger partial charge in [-0.15, -0.1) is 0 Å². The second kappa shape index (κ2) is 4.61. The van der Waals surface area contributed by atoms with Crippen LogP contribution in [0.3, 0.4) is 0 Å². The van der Waals surface area contributed by atoms with Gasteiger partial charge in [-0.05, 0) is 13.3 Å². The van der Waals surface area contributed by atoms with E-state index >= 15 is 0 Å². The molecule has 4 N–H and O–H groups in total. The molecule has 6 heteroatoms. The van der Waals surface area contributed by atoms with E-state index in [1.165, 1.54) is 0 Å². The van der Waals surface area contributed by atoms with Crippen molar-refractivity contribution in [3.8, 4) is 0 Å². The fourth-order valence-corrected chi connectivity index (χ4v) is 1.15. The van der Waals surface area contributed by atoms with E-state index in [4.69, 9.17) is 11.5 Å². The van der Waals surface area contributed by atoms with E-state index in [-0.39, 0.29) is 0 Å². The van der Waals surface area contributed by atoms with Gasteiger partial charge in [0.15, 0.2) is 5.82 Å². The molecule has 0 fully saturated rings. The standard InChI is InChI=1S/C10H19N5O/c1-7(2)8-13-6-15(14-8)5-4-10(3,12)9(11)16/h6-7H,4-5,12H2,1-3H3,(H2,11,16). The summed E-state index contributed by atoms with van der Waals surface area (Å²) in [5.41, 5.74) is 9.92. The summed E-state index contributed by atoms with van der Waals surface area (Å²) in [7, 11) is 0. The molecule has 1 aromatic rings. The van der Waals surface area contributed by atoms with E-state index < -0.39 is 11.4 Å². The molecule has 0 aliphatic carbocycles. The molecule has 16 heavy (non-hydrogen) atoms. The van der Waals surface area contributed by atoms with Crippen molar-refractivity contribution in [1.29, 1.82) is 0 Å². The average molecular weight is 225 g/mol. The minimum absolute atomic E-state index is 0.293. The third kappa shape index (κ3) is 3.03. The second-order valence-corrected chi connectivity index (χ2v) is 4.55. The fourth-order valence-electron chi connectivity index (χ4n) is 1.15. The number of nitrogens with zero attached hydrogens (tertiary/aromatic N) is 3. The molecule has 0 spiro atoms. The van der Waals surface area contributed by atoms with Crippen LogP contribution < -0.4 is 11.5 Å². The van der Waals surface area contributed by atoms with Gasteiger partial charge in [0, 0.05) is 12.5 Å². The molecule has 1 aromatic heterocycles. The maximum atomic E-state index is 11.0. The lowest BCUT2D eigenvalue weighted by atomic mass is 9.99. The number of nitrogens with two attached hydrogens (primary N) is 2. The Morgan fingerprint density at radius 1 is 1.62 bits per heavy atom. The van der Waals surface area contributed by atoms with Gasteiger partial charge in [0.1, 0.15) is 6.33 Å². The number of hydrogen-bond donors (Lipinski definition) is 2. The highest BCUT2D eigenvalue weighted by Gasteiger charge is 2.25. The van der Waals surface area contributed by atoms with Crippen molar-refractivity contribution in [2.45, 2.75) is 45.2 Å². The molecule has 90 valence electrons. The number of carbonyl (C=O) groups excluding carboxylic acids is 1. The van der Waals surface area contributed by atoms with E-state index in [1.807, 2.05) is 13.8 Å². The van der Waals surface area contributed by atoms with Crippen LogP contribution in [-0.2, 0) is 11.3 Å². The van der Waals surface area contributed by atoms with Crippen LogP contribution in [0.25, 0.3) is 0 Å². The van der Waals surface area contributed by atoms with Crippen molar-refractivity contribution in [3.63, 3.8) is 0 Å². The van der Waals surface area contributed by atoms with Gasteiger partial charge >= 0.3 is 0 Å². The third-order valence-electron chi connectivity index (χ3n) is 2.49. The predicted octanol–water partition coefficient (Wildman–Crippen LogP) is -0.00570. The first-order valence-electron chi connectivity index (χ1n) is 5.31. The largest absolute Gasteiger partial charge is 0.368 e. The van der Waals surface area contributed by atoms with E-state index in [0.29, 0.717) is 18.9 Å². The normalized spacial score (nSPS) is 15.1. The number of amides is 1. The Morgan fingerprint density at radius 2 is 2.25 bits per heavy atom. The molecule has 0 aliphatic rings. The van der Waals surface area contributed by atoms with E-state index in [1.54, 1.807) is 17.9 Å². The zero-order chi connectivity index (χ0) is 12.3. The summed E-state index contributed by atoms with van der Waals surface area (Å²) >= 11 is 0. The van der Waals surface area contributed by atoms with Crippen LogP contribution in [0.2, 0.25) is 0 Å². The SMILES string of the molecule is CC(C)c1ncn(CCC(C)(N)C(N)=O)n1. The maximum absolute atomic E-state index is 11.0. The van der Waals surface area contributed by atoms with Crippen molar-refractivity contribution >= 4 is 5.91 Å². The summed E-state index contributed by atoms with van der Waals surface area (Å²) in [4.78, 5) is 15.2. The van der Waals surface area contributed by atoms with Gasteiger partial charge < -0.3 is 11.5 Å². The first-order valence-corrected chi connectivity index (χ1v) is 5.31. The quantitative estimate of drug-likeness (QED) is 0.736. The predicted molar refractivity (Wildman–Crippen MR) is 60.5 cm³/mol. The highest BCUT2D eigenvalue weighted by molar-refractivity contribution is 5.83. The molecule has 1 rings (SSSR count). The minimum Gasteiger partial charge on any atom is -0.368 e. The lowest BCUT2D eigenvalue weighted by molar-refractivity contribution is -0.122. The van der Waals surface area contributed by atoms with Crippen LogP contribution in [0.5, 0.6) is 0 Å². The molecule has 0 bridgehead atoms. The van der Waals surface area contributed by atoms with E-state index in [2.05, 4.69) is 10.1 Å². The topological polar surface area (TPSA) is 99.8 Å². The Morgan fingerprint density at radius 3 is 2.69 bits per heavy atom. The van der Waals surface area contributed by atoms with Crippen LogP contribution in [0.1, 0.15) is 38.9 Å². The number of carbonyl (C=O) groups is 1. The van der Waals surface area contributed by atoms with Crippen molar-refractivity contribution in [3.05, 3.63) is 12.2 Å². The number of aryl methyl sites for hydroxylation is 1. The zero-order valence-corrected chi connectivity index (χ0v) is 9.97. The Balaban J connectivity index is 2.58. The van der Waals surface area contributed by atoms with Crippen LogP contribution >= 0.6 is 0 Å². The second-order valence-electron chi connectivity index (χ2n) is 4.55. The number of primary amides is 1. The summed E-state index contributed by atoms with van der Waals surface area (Å²) in [6.07, 6.45) is 2.09. The molecule has 0 saturated carbocycles. The maximum Gasteiger partial charge on any atom is 0.237 e. The summed E-state index contributed by atoms with van der Waals surface area (Å²) in [5, 5.41) is 4.27. The lowest BCUT2D eigenvalue weighted by Gasteiger charge is -2.19. The van der Waals surface area contributed by atoms with Crippen LogP contribution in [0, 0.1) is 0 Å². The first kappa shape index (κ1) is 12.6. The number of rotatable bonds is 5. The Bertz CT molecular complexity index is 369. The van der Waals surface area contributed by atoms with Crippen molar-refractivity contribution in [2.75, 3.05) is 0 Å². The van der Waals surface area contributed by atoms with Gasteiger partial charge in [-0.2, -0.15) is 5.10 Å². The molecular formula is C10H19N5O. The van der Waals surface area contributed by atoms with E-state index in [9.17, 15) is 4.79 Å². The average Bonchev–Trinajstić information content (AvgIpc) is 2.63. The van der Waals surface area contributed by atoms with Crippen molar-refractivity contribution in [1.82, 2.24) is 14.8 Å². The monoisotopic (exact) mass is 225 g/mol. The van der Waals surface area contributed by atoms with Gasteiger partial charge in [0.05, 0.1) is 5.54 Å². The molecule has 1 heterocycles. The smallest absolute Gasteiger partial charge is 0.237 e. The highest BCUT2D eigenvalue weighted by Crippen LogP contribution is 2.09. The van der Waals surface area contributed by atoms with Gasteiger partial charge in [-0.25, -0.2) is 4.98 Å². The minimum atomic E-state index is -0.996. The zero-order valence-electron chi connectivity index (χ0n) is 9.97. The molecular weight excluding hydrogens is 206 g/mol. The van der Waals surface area contributed by atoms with Gasteiger partial charge in [-0.3, -0.25) is 9.48 Å². The van der Waals surface area contributed by atoms with E-state index in [0.717, 1.165) is 5.82 Å². The summed E-state index contributed by atoms with van der Waals surface area (Å²) < 4.78 is 1.68. The van der Waals surface area contributed by atoms with Crippen LogP contribution in [0.15, 0.2) is 6.33 Å². The number of hydrogen-bond acceptors (Lipinski definition) is 4. The van der Waals surface area contributed by atoms with Crippen molar-refractivity contribution < 1.29 is 4.79 Å². The summed E-state index contributed by atoms with van der Waals surface area (Å²) in [5.74, 6) is 0.580. The van der Waals surface area contributed by atoms with Crippen LogP contribution in [0.4, 0.5) is 0 Å². The highest BCUT2D eigenvalue weighted by atomic mass is 16.1. The third-order valence-corrected chi connectivity index (χ3v) is 2.49. The molecule has 6 nitrogen and oxygen atoms in total. The summed E-state index contributed by atoms with van der Waals surface area (Å²) in [6, 6.07) is 0. The van der Waals surface area contributed by atoms with Gasteiger partial charge in [0.25, 0.3) is 0 Å². The molecule has 1 amide bonds. The molecule has 0 radical (unpaired) electrons. The molecule has 1 unspecified atom stereocenters. The Kier molecular flexibility index (Phi) is 3.64. The Labute approximate surface area is 95.0 Å². The molecule has 1 atom stereocenters. The molecule has 0 saturated heterocycles. The molecule has 0 aromatic carbocycles. The first-order chi connectivity index (χ1) is 7.33. The molecule has 0 aliphatic heterocycles. The van der Waals surface area contributed by atoms with Gasteiger partial charge in [-0.1, -0.05) is 13.8 Å². The number of aromatic nitrogens is 3. The fraction of sp³-hybridized carbons (Fsp3) is 0.700. The van der Waals surface area contributed by atoms with Crippen molar-refractivity contribution in [2.24, 2.45) is 11.5 Å². The summed E-state index contributed by atoms with van der Waals surface area (Å²) in [6.45, 7) is 6.21. The Hall–Kier alpha value is -1.43.